The van der Waals surface area contributed by atoms with Gasteiger partial charge in [0.25, 0.3) is 0 Å². The average Bonchev–Trinajstić information content (AvgIpc) is 2.75. The second-order valence-corrected chi connectivity index (χ2v) is 14.7. The van der Waals surface area contributed by atoms with E-state index >= 15 is 0 Å². The quantitative estimate of drug-likeness (QED) is 0.307. The Labute approximate surface area is 212 Å². The minimum absolute atomic E-state index is 0.0470. The van der Waals surface area contributed by atoms with Crippen LogP contribution in [0.3, 0.4) is 0 Å². The molecular weight excluding hydrogens is 568 g/mol. The molecule has 0 fully saturated rings. The van der Waals surface area contributed by atoms with E-state index in [2.05, 4.69) is 41.5 Å². The van der Waals surface area contributed by atoms with Gasteiger partial charge in [-0.15, -0.1) is 0 Å². The first-order valence-electron chi connectivity index (χ1n) is 11.1. The van der Waals surface area contributed by atoms with Crippen LogP contribution in [0.2, 0.25) is 0 Å². The zero-order valence-electron chi connectivity index (χ0n) is 20.6. The Kier molecular flexibility index (Phi) is 7.60. The van der Waals surface area contributed by atoms with E-state index in [-0.39, 0.29) is 16.4 Å². The molecule has 0 saturated heterocycles. The van der Waals surface area contributed by atoms with Gasteiger partial charge in [0, 0.05) is 0 Å². The molecule has 1 N–H and O–H groups in total. The van der Waals surface area contributed by atoms with E-state index in [0.29, 0.717) is 6.07 Å². The van der Waals surface area contributed by atoms with Crippen molar-refractivity contribution in [2.45, 2.75) is 58.5 Å². The molecular formula is C28H30F3IO3. The number of aromatic hydroxyl groups is 1. The topological polar surface area (TPSA) is 46.5 Å². The van der Waals surface area contributed by atoms with Crippen LogP contribution in [0, 0.1) is 7.14 Å². The summed E-state index contributed by atoms with van der Waals surface area (Å²) >= 11 is -2.80. The predicted molar refractivity (Wildman–Crippen MR) is 140 cm³/mol. The maximum atomic E-state index is 13.0. The summed E-state index contributed by atoms with van der Waals surface area (Å²) in [4.78, 5) is 13.0. The molecule has 0 amide bonds. The van der Waals surface area contributed by atoms with Crippen LogP contribution in [0.4, 0.5) is 13.2 Å². The van der Waals surface area contributed by atoms with Crippen molar-refractivity contribution >= 4 is 26.2 Å². The Hall–Kier alpha value is -2.55. The zero-order valence-corrected chi connectivity index (χ0v) is 22.8. The number of halogens is 4. The van der Waals surface area contributed by atoms with Crippen molar-refractivity contribution in [2.24, 2.45) is 0 Å². The van der Waals surface area contributed by atoms with Gasteiger partial charge in [-0.3, -0.25) is 0 Å². The normalized spacial score (nSPS) is 12.9. The third-order valence-electron chi connectivity index (χ3n) is 5.51. The summed E-state index contributed by atoms with van der Waals surface area (Å²) in [6.45, 7) is 12.6. The van der Waals surface area contributed by atoms with Gasteiger partial charge in [-0.05, 0) is 0 Å². The molecule has 0 heterocycles. The van der Waals surface area contributed by atoms with Gasteiger partial charge in [-0.2, -0.15) is 0 Å². The first-order chi connectivity index (χ1) is 16.1. The zero-order chi connectivity index (χ0) is 26.2. The molecule has 0 atom stereocenters. The number of carbonyl (C=O) groups excluding carboxylic acids is 1. The van der Waals surface area contributed by atoms with Crippen molar-refractivity contribution in [1.29, 1.82) is 0 Å². The van der Waals surface area contributed by atoms with Gasteiger partial charge in [0.05, 0.1) is 0 Å². The van der Waals surface area contributed by atoms with E-state index < -0.39 is 43.7 Å². The van der Waals surface area contributed by atoms with Crippen LogP contribution >= 0.6 is 20.2 Å². The Morgan fingerprint density at radius 3 is 1.46 bits per heavy atom. The molecule has 188 valence electrons. The number of hydrogen-bond donors (Lipinski definition) is 1. The van der Waals surface area contributed by atoms with Crippen LogP contribution in [0.25, 0.3) is 0 Å². The molecule has 0 aliphatic carbocycles. The van der Waals surface area contributed by atoms with E-state index in [4.69, 9.17) is 3.07 Å². The van der Waals surface area contributed by atoms with Gasteiger partial charge in [0.2, 0.25) is 0 Å². The first-order valence-corrected chi connectivity index (χ1v) is 14.2. The summed E-state index contributed by atoms with van der Waals surface area (Å²) in [5, 5.41) is 10.1. The molecule has 3 rings (SSSR count). The van der Waals surface area contributed by atoms with Gasteiger partial charge in [-0.1, -0.05) is 0 Å². The number of hydrogen-bond acceptors (Lipinski definition) is 3. The van der Waals surface area contributed by atoms with Crippen LogP contribution in [0.1, 0.15) is 68.6 Å². The molecule has 0 saturated carbocycles. The molecule has 0 aliphatic heterocycles. The number of benzene rings is 3. The van der Waals surface area contributed by atoms with Crippen LogP contribution in [-0.2, 0) is 20.1 Å². The van der Waals surface area contributed by atoms with Crippen molar-refractivity contribution in [3.8, 4) is 5.75 Å². The third kappa shape index (κ3) is 6.57. The fraction of sp³-hybridized carbons (Fsp3) is 0.321. The van der Waals surface area contributed by atoms with Crippen molar-refractivity contribution < 1.29 is 26.1 Å². The van der Waals surface area contributed by atoms with E-state index in [1.54, 1.807) is 0 Å². The summed E-state index contributed by atoms with van der Waals surface area (Å²) in [6, 6.07) is 18.1. The van der Waals surface area contributed by atoms with E-state index in [1.165, 1.54) is 0 Å². The van der Waals surface area contributed by atoms with Gasteiger partial charge in [0.1, 0.15) is 0 Å². The molecule has 3 nitrogen and oxygen atoms in total. The van der Waals surface area contributed by atoms with Gasteiger partial charge in [0.15, 0.2) is 0 Å². The number of carbonyl (C=O) groups is 1. The van der Waals surface area contributed by atoms with Crippen LogP contribution in [-0.4, -0.2) is 11.1 Å². The fourth-order valence-electron chi connectivity index (χ4n) is 3.34. The second-order valence-electron chi connectivity index (χ2n) is 10.4. The van der Waals surface area contributed by atoms with Gasteiger partial charge < -0.3 is 0 Å². The monoisotopic (exact) mass is 598 g/mol. The first kappa shape index (κ1) is 27.0. The Balaban J connectivity index is 1.99. The predicted octanol–water partition coefficient (Wildman–Crippen LogP) is 8.32. The molecule has 35 heavy (non-hydrogen) atoms. The average molecular weight is 598 g/mol. The SMILES string of the molecule is CC(C)(C)c1ccc(I(OC(=O)c2ccc(C(F)(F)F)cc2O)c2ccc(C(C)(C)C)cc2)cc1. The van der Waals surface area contributed by atoms with E-state index in [1.807, 2.05) is 48.5 Å². The summed E-state index contributed by atoms with van der Waals surface area (Å²) < 4.78 is 46.6. The molecule has 0 radical (unpaired) electrons. The molecule has 0 unspecified atom stereocenters. The maximum absolute atomic E-state index is 13.0. The summed E-state index contributed by atoms with van der Waals surface area (Å²) in [5.41, 5.74) is 0.845. The number of rotatable bonds is 4. The van der Waals surface area contributed by atoms with Crippen molar-refractivity contribution in [1.82, 2.24) is 0 Å². The van der Waals surface area contributed by atoms with Crippen LogP contribution in [0.5, 0.6) is 5.75 Å². The molecule has 3 aromatic carbocycles. The molecule has 3 aromatic rings. The van der Waals surface area contributed by atoms with E-state index in [0.717, 1.165) is 30.4 Å². The summed E-state index contributed by atoms with van der Waals surface area (Å²) in [6.07, 6.45) is -4.62. The van der Waals surface area contributed by atoms with E-state index in [9.17, 15) is 23.1 Å². The summed E-state index contributed by atoms with van der Waals surface area (Å²) in [7, 11) is 0. The second kappa shape index (κ2) is 9.84. The number of phenolic OH excluding ortho intramolecular Hbond substituents is 1. The van der Waals surface area contributed by atoms with Crippen molar-refractivity contribution in [3.63, 3.8) is 0 Å². The molecule has 0 aliphatic rings. The standard InChI is InChI=1S/C28H30F3IO3/c1-26(2,3)18-7-12-21(13-8-18)32(22-14-9-19(10-15-22)27(4,5)6)35-25(34)23-16-11-20(17-24(23)33)28(29,30)31/h7-17,33H,1-6H3. The number of alkyl halides is 3. The molecule has 0 aromatic heterocycles. The summed E-state index contributed by atoms with van der Waals surface area (Å²) in [5.74, 6) is -1.60. The van der Waals surface area contributed by atoms with Crippen molar-refractivity contribution in [2.75, 3.05) is 0 Å². The van der Waals surface area contributed by atoms with Crippen LogP contribution in [0.15, 0.2) is 66.7 Å². The minimum atomic E-state index is -4.62. The Morgan fingerprint density at radius 2 is 1.11 bits per heavy atom. The molecule has 0 spiro atoms. The number of phenols is 1. The fourth-order valence-corrected chi connectivity index (χ4v) is 7.23. The Bertz CT molecular complexity index is 1130. The third-order valence-corrected chi connectivity index (χ3v) is 10.1. The Morgan fingerprint density at radius 1 is 0.714 bits per heavy atom. The van der Waals surface area contributed by atoms with Gasteiger partial charge >= 0.3 is 213 Å². The van der Waals surface area contributed by atoms with Gasteiger partial charge in [-0.25, -0.2) is 0 Å². The molecule has 7 heteroatoms. The van der Waals surface area contributed by atoms with Crippen LogP contribution < -0.4 is 0 Å². The molecule has 0 bridgehead atoms. The van der Waals surface area contributed by atoms with Crippen molar-refractivity contribution in [3.05, 3.63) is 96.1 Å².